The Balaban J connectivity index is 2.40. The van der Waals surface area contributed by atoms with Crippen LogP contribution in [-0.2, 0) is 0 Å². The molecule has 1 aliphatic rings. The summed E-state index contributed by atoms with van der Waals surface area (Å²) in [4.78, 5) is 2.12. The molecule has 0 spiro atoms. The lowest BCUT2D eigenvalue weighted by molar-refractivity contribution is 0.125. The second kappa shape index (κ2) is 3.52. The average molecular weight is 159 g/mol. The van der Waals surface area contributed by atoms with Crippen LogP contribution >= 0.6 is 0 Å². The lowest BCUT2D eigenvalue weighted by Crippen LogP contribution is -2.34. The van der Waals surface area contributed by atoms with E-state index in [1.165, 1.54) is 0 Å². The zero-order valence-corrected chi connectivity index (χ0v) is 7.20. The lowest BCUT2D eigenvalue weighted by atomic mass is 10.1. The summed E-state index contributed by atoms with van der Waals surface area (Å²) in [5.74, 6) is 0.351. The van der Waals surface area contributed by atoms with Crippen molar-refractivity contribution in [2.75, 3.05) is 19.7 Å². The number of hydrogen-bond acceptors (Lipinski definition) is 3. The summed E-state index contributed by atoms with van der Waals surface area (Å²) in [5.41, 5.74) is 0. The molecule has 3 atom stereocenters. The smallest absolute Gasteiger partial charge is 0.0704 e. The first-order chi connectivity index (χ1) is 5.15. The Morgan fingerprint density at radius 2 is 2.18 bits per heavy atom. The second-order valence-electron chi connectivity index (χ2n) is 3.53. The Morgan fingerprint density at radius 3 is 2.55 bits per heavy atom. The van der Waals surface area contributed by atoms with E-state index in [0.717, 1.165) is 6.54 Å². The van der Waals surface area contributed by atoms with Gasteiger partial charge in [-0.15, -0.1) is 0 Å². The van der Waals surface area contributed by atoms with Crippen LogP contribution in [0.15, 0.2) is 0 Å². The van der Waals surface area contributed by atoms with Crippen LogP contribution in [0.25, 0.3) is 0 Å². The molecule has 3 nitrogen and oxygen atoms in total. The third-order valence-corrected chi connectivity index (χ3v) is 2.49. The van der Waals surface area contributed by atoms with E-state index in [4.69, 9.17) is 5.11 Å². The minimum absolute atomic E-state index is 0.180. The number of aliphatic hydroxyl groups is 2. The van der Waals surface area contributed by atoms with Crippen LogP contribution in [0.4, 0.5) is 0 Å². The molecule has 1 fully saturated rings. The molecule has 1 saturated heterocycles. The monoisotopic (exact) mass is 159 g/mol. The van der Waals surface area contributed by atoms with Gasteiger partial charge in [-0.1, -0.05) is 6.92 Å². The van der Waals surface area contributed by atoms with E-state index in [-0.39, 0.29) is 18.8 Å². The van der Waals surface area contributed by atoms with Crippen molar-refractivity contribution in [1.29, 1.82) is 0 Å². The van der Waals surface area contributed by atoms with E-state index in [2.05, 4.69) is 4.90 Å². The van der Waals surface area contributed by atoms with E-state index in [1.54, 1.807) is 0 Å². The van der Waals surface area contributed by atoms with Crippen molar-refractivity contribution < 1.29 is 10.2 Å². The number of β-amino-alcohol motifs (C(OH)–C–C–N with tert-alkyl or cyclic N) is 1. The normalized spacial score (nSPS) is 36.0. The Bertz CT molecular complexity index is 119. The van der Waals surface area contributed by atoms with Crippen LogP contribution in [0.5, 0.6) is 0 Å². The molecule has 3 unspecified atom stereocenters. The summed E-state index contributed by atoms with van der Waals surface area (Å²) in [6.45, 7) is 5.81. The summed E-state index contributed by atoms with van der Waals surface area (Å²) in [5, 5.41) is 18.2. The van der Waals surface area contributed by atoms with Crippen LogP contribution in [0.3, 0.4) is 0 Å². The van der Waals surface area contributed by atoms with Gasteiger partial charge in [-0.25, -0.2) is 0 Å². The Kier molecular flexibility index (Phi) is 2.87. The fourth-order valence-electron chi connectivity index (χ4n) is 1.46. The molecule has 1 aliphatic heterocycles. The summed E-state index contributed by atoms with van der Waals surface area (Å²) in [6.07, 6.45) is -0.205. The van der Waals surface area contributed by atoms with Crippen LogP contribution in [0.2, 0.25) is 0 Å². The van der Waals surface area contributed by atoms with E-state index in [1.807, 2.05) is 13.8 Å². The molecule has 0 bridgehead atoms. The van der Waals surface area contributed by atoms with Crippen LogP contribution in [-0.4, -0.2) is 47.0 Å². The van der Waals surface area contributed by atoms with Crippen LogP contribution in [0, 0.1) is 5.92 Å². The zero-order chi connectivity index (χ0) is 8.43. The van der Waals surface area contributed by atoms with Gasteiger partial charge >= 0.3 is 0 Å². The van der Waals surface area contributed by atoms with Gasteiger partial charge in [0.1, 0.15) is 0 Å². The zero-order valence-electron chi connectivity index (χ0n) is 7.20. The van der Waals surface area contributed by atoms with Crippen molar-refractivity contribution in [3.63, 3.8) is 0 Å². The summed E-state index contributed by atoms with van der Waals surface area (Å²) < 4.78 is 0. The quantitative estimate of drug-likeness (QED) is 0.580. The summed E-state index contributed by atoms with van der Waals surface area (Å²) >= 11 is 0. The molecule has 0 aromatic carbocycles. The van der Waals surface area contributed by atoms with Crippen molar-refractivity contribution in [2.24, 2.45) is 5.92 Å². The Morgan fingerprint density at radius 1 is 1.55 bits per heavy atom. The van der Waals surface area contributed by atoms with Gasteiger partial charge in [0.25, 0.3) is 0 Å². The van der Waals surface area contributed by atoms with Crippen molar-refractivity contribution in [3.8, 4) is 0 Å². The molecule has 1 rings (SSSR count). The topological polar surface area (TPSA) is 43.7 Å². The second-order valence-corrected chi connectivity index (χ2v) is 3.53. The number of nitrogens with zero attached hydrogens (tertiary/aromatic N) is 1. The molecule has 3 heteroatoms. The molecule has 0 aliphatic carbocycles. The summed E-state index contributed by atoms with van der Waals surface area (Å²) in [7, 11) is 0. The van der Waals surface area contributed by atoms with Gasteiger partial charge in [0, 0.05) is 19.1 Å². The van der Waals surface area contributed by atoms with Crippen LogP contribution in [0.1, 0.15) is 13.8 Å². The van der Waals surface area contributed by atoms with Gasteiger partial charge in [0.15, 0.2) is 0 Å². The Labute approximate surface area is 67.6 Å². The SMILES string of the molecule is CC1CN(C(C)CO)CC1O. The lowest BCUT2D eigenvalue weighted by Gasteiger charge is -2.21. The maximum Gasteiger partial charge on any atom is 0.0704 e. The van der Waals surface area contributed by atoms with Crippen molar-refractivity contribution in [1.82, 2.24) is 4.90 Å². The number of likely N-dealkylation sites (tertiary alicyclic amines) is 1. The van der Waals surface area contributed by atoms with E-state index in [9.17, 15) is 5.11 Å². The molecule has 66 valence electrons. The first-order valence-corrected chi connectivity index (χ1v) is 4.18. The molecule has 0 radical (unpaired) electrons. The molecule has 0 aromatic heterocycles. The van der Waals surface area contributed by atoms with Gasteiger partial charge in [-0.3, -0.25) is 4.90 Å². The molecular weight excluding hydrogens is 142 g/mol. The number of hydrogen-bond donors (Lipinski definition) is 2. The minimum atomic E-state index is -0.205. The molecule has 11 heavy (non-hydrogen) atoms. The average Bonchev–Trinajstić information content (AvgIpc) is 2.31. The fraction of sp³-hybridized carbons (Fsp3) is 1.00. The highest BCUT2D eigenvalue weighted by molar-refractivity contribution is 4.83. The third kappa shape index (κ3) is 1.92. The predicted octanol–water partition coefficient (Wildman–Crippen LogP) is -0.320. The highest BCUT2D eigenvalue weighted by Gasteiger charge is 2.29. The molecular formula is C8H17NO2. The minimum Gasteiger partial charge on any atom is -0.395 e. The molecule has 2 N–H and O–H groups in total. The van der Waals surface area contributed by atoms with Gasteiger partial charge in [-0.2, -0.15) is 0 Å². The van der Waals surface area contributed by atoms with Crippen molar-refractivity contribution >= 4 is 0 Å². The van der Waals surface area contributed by atoms with Crippen LogP contribution < -0.4 is 0 Å². The number of rotatable bonds is 2. The van der Waals surface area contributed by atoms with Crippen molar-refractivity contribution in [2.45, 2.75) is 26.0 Å². The first kappa shape index (κ1) is 8.97. The molecule has 0 aromatic rings. The number of aliphatic hydroxyl groups excluding tert-OH is 2. The van der Waals surface area contributed by atoms with Gasteiger partial charge in [0.05, 0.1) is 12.7 Å². The first-order valence-electron chi connectivity index (χ1n) is 4.18. The van der Waals surface area contributed by atoms with Gasteiger partial charge in [0.2, 0.25) is 0 Å². The fourth-order valence-corrected chi connectivity index (χ4v) is 1.46. The van der Waals surface area contributed by atoms with E-state index in [0.29, 0.717) is 12.5 Å². The molecule has 0 amide bonds. The highest BCUT2D eigenvalue weighted by Crippen LogP contribution is 2.17. The maximum absolute atomic E-state index is 9.39. The molecule has 1 heterocycles. The maximum atomic E-state index is 9.39. The van der Waals surface area contributed by atoms with E-state index >= 15 is 0 Å². The highest BCUT2D eigenvalue weighted by atomic mass is 16.3. The van der Waals surface area contributed by atoms with Crippen molar-refractivity contribution in [3.05, 3.63) is 0 Å². The molecule has 0 saturated carbocycles. The van der Waals surface area contributed by atoms with Gasteiger partial charge in [-0.05, 0) is 12.8 Å². The summed E-state index contributed by atoms with van der Waals surface area (Å²) in [6, 6.07) is 0.189. The predicted molar refractivity (Wildman–Crippen MR) is 43.3 cm³/mol. The standard InChI is InChI=1S/C8H17NO2/c1-6-3-9(4-8(6)11)7(2)5-10/h6-8,10-11H,3-5H2,1-2H3. The Hall–Kier alpha value is -0.120. The van der Waals surface area contributed by atoms with E-state index < -0.39 is 0 Å². The van der Waals surface area contributed by atoms with Gasteiger partial charge < -0.3 is 10.2 Å². The largest absolute Gasteiger partial charge is 0.395 e. The third-order valence-electron chi connectivity index (χ3n) is 2.49.